The van der Waals surface area contributed by atoms with Gasteiger partial charge in [0.2, 0.25) is 5.91 Å². The van der Waals surface area contributed by atoms with Crippen molar-refractivity contribution in [3.8, 4) is 0 Å². The highest BCUT2D eigenvalue weighted by Gasteiger charge is 2.32. The van der Waals surface area contributed by atoms with Crippen molar-refractivity contribution in [1.29, 1.82) is 0 Å². The molecule has 6 nitrogen and oxygen atoms in total. The lowest BCUT2D eigenvalue weighted by molar-refractivity contribution is -0.127. The lowest BCUT2D eigenvalue weighted by atomic mass is 9.93. The van der Waals surface area contributed by atoms with E-state index in [1.54, 1.807) is 7.05 Å². The Bertz CT molecular complexity index is 574. The van der Waals surface area contributed by atoms with Gasteiger partial charge in [-0.2, -0.15) is 0 Å². The van der Waals surface area contributed by atoms with E-state index in [2.05, 4.69) is 17.4 Å². The molecule has 2 aliphatic rings. The number of benzene rings is 1. The van der Waals surface area contributed by atoms with Crippen molar-refractivity contribution in [3.63, 3.8) is 0 Å². The minimum Gasteiger partial charge on any atom is -0.389 e. The number of nitrogens with zero attached hydrogens (tertiary/aromatic N) is 1. The smallest absolute Gasteiger partial charge is 0.237 e. The van der Waals surface area contributed by atoms with Crippen molar-refractivity contribution in [1.82, 2.24) is 10.2 Å². The number of aliphatic hydroxyl groups is 1. The molecule has 2 heterocycles. The molecule has 0 unspecified atom stereocenters. The number of ether oxygens (including phenoxy) is 2. The van der Waals surface area contributed by atoms with Crippen molar-refractivity contribution in [2.24, 2.45) is 0 Å². The molecule has 0 saturated carbocycles. The fourth-order valence-corrected chi connectivity index (χ4v) is 3.63. The van der Waals surface area contributed by atoms with E-state index in [1.807, 2.05) is 17.0 Å². The molecule has 0 radical (unpaired) electrons. The highest BCUT2D eigenvalue weighted by atomic mass is 16.5. The maximum absolute atomic E-state index is 12.3. The Morgan fingerprint density at radius 2 is 2.24 bits per heavy atom. The Labute approximate surface area is 149 Å². The molecule has 1 saturated heterocycles. The van der Waals surface area contributed by atoms with Crippen molar-refractivity contribution in [3.05, 3.63) is 35.4 Å². The summed E-state index contributed by atoms with van der Waals surface area (Å²) in [6, 6.07) is 7.92. The molecule has 1 aromatic carbocycles. The molecule has 25 heavy (non-hydrogen) atoms. The summed E-state index contributed by atoms with van der Waals surface area (Å²) < 4.78 is 11.1. The van der Waals surface area contributed by atoms with Crippen LogP contribution in [0.2, 0.25) is 0 Å². The van der Waals surface area contributed by atoms with E-state index in [9.17, 15) is 9.90 Å². The van der Waals surface area contributed by atoms with E-state index in [4.69, 9.17) is 9.47 Å². The molecule has 1 aromatic rings. The quantitative estimate of drug-likeness (QED) is 0.760. The average Bonchev–Trinajstić information content (AvgIpc) is 3.14. The predicted molar refractivity (Wildman–Crippen MR) is 94.2 cm³/mol. The minimum absolute atomic E-state index is 0.0121. The van der Waals surface area contributed by atoms with Gasteiger partial charge in [-0.3, -0.25) is 9.69 Å². The van der Waals surface area contributed by atoms with Gasteiger partial charge in [-0.15, -0.1) is 0 Å². The zero-order valence-corrected chi connectivity index (χ0v) is 14.8. The summed E-state index contributed by atoms with van der Waals surface area (Å²) in [4.78, 5) is 14.3. The monoisotopic (exact) mass is 348 g/mol. The van der Waals surface area contributed by atoms with Gasteiger partial charge in [0.15, 0.2) is 0 Å². The van der Waals surface area contributed by atoms with Crippen LogP contribution in [-0.2, 0) is 27.2 Å². The van der Waals surface area contributed by atoms with Gasteiger partial charge in [-0.1, -0.05) is 24.3 Å². The molecule has 3 atom stereocenters. The Morgan fingerprint density at radius 1 is 1.44 bits per heavy atom. The molecule has 6 heteroatoms. The van der Waals surface area contributed by atoms with Crippen LogP contribution in [0.4, 0.5) is 0 Å². The van der Waals surface area contributed by atoms with E-state index in [0.29, 0.717) is 26.1 Å². The molecular formula is C19H28N2O4. The summed E-state index contributed by atoms with van der Waals surface area (Å²) in [7, 11) is 1.65. The lowest BCUT2D eigenvalue weighted by Crippen LogP contribution is -2.52. The van der Waals surface area contributed by atoms with Crippen molar-refractivity contribution >= 4 is 5.91 Å². The summed E-state index contributed by atoms with van der Waals surface area (Å²) in [5, 5.41) is 13.1. The standard InChI is InChI=1S/C19H28N2O4/c1-20-19(23)18-9-14-5-2-3-6-15(14)10-21(18)11-16(22)12-24-13-17-7-4-8-25-17/h2-3,5-6,16-18,22H,4,7-13H2,1H3,(H,20,23)/t16-,17+,18-/m0/s1. The van der Waals surface area contributed by atoms with Crippen LogP contribution in [0.1, 0.15) is 24.0 Å². The molecule has 1 amide bonds. The lowest BCUT2D eigenvalue weighted by Gasteiger charge is -2.36. The van der Waals surface area contributed by atoms with Gasteiger partial charge in [0.1, 0.15) is 0 Å². The zero-order chi connectivity index (χ0) is 17.6. The maximum atomic E-state index is 12.3. The second kappa shape index (κ2) is 8.76. The first kappa shape index (κ1) is 18.3. The molecule has 0 aromatic heterocycles. The normalized spacial score (nSPS) is 24.7. The fraction of sp³-hybridized carbons (Fsp3) is 0.632. The van der Waals surface area contributed by atoms with E-state index >= 15 is 0 Å². The Hall–Kier alpha value is -1.47. The first-order valence-corrected chi connectivity index (χ1v) is 9.07. The molecule has 2 aliphatic heterocycles. The van der Waals surface area contributed by atoms with Crippen LogP contribution < -0.4 is 5.32 Å². The van der Waals surface area contributed by atoms with Crippen LogP contribution >= 0.6 is 0 Å². The number of aliphatic hydroxyl groups excluding tert-OH is 1. The number of nitrogens with one attached hydrogen (secondary N) is 1. The predicted octanol–water partition coefficient (Wildman–Crippen LogP) is 0.716. The van der Waals surface area contributed by atoms with E-state index in [0.717, 1.165) is 19.4 Å². The van der Waals surface area contributed by atoms with Gasteiger partial charge in [0, 0.05) is 26.7 Å². The van der Waals surface area contributed by atoms with E-state index in [-0.39, 0.29) is 24.7 Å². The summed E-state index contributed by atoms with van der Waals surface area (Å²) in [5.41, 5.74) is 2.42. The van der Waals surface area contributed by atoms with Crippen molar-refractivity contribution in [2.45, 2.75) is 44.1 Å². The zero-order valence-electron chi connectivity index (χ0n) is 14.8. The number of likely N-dealkylation sites (N-methyl/N-ethyl adjacent to an activating group) is 1. The third-order valence-corrected chi connectivity index (χ3v) is 4.98. The first-order chi connectivity index (χ1) is 12.2. The molecule has 138 valence electrons. The molecule has 0 bridgehead atoms. The molecule has 2 N–H and O–H groups in total. The molecule has 1 fully saturated rings. The number of carbonyl (C=O) groups excluding carboxylic acids is 1. The second-order valence-corrected chi connectivity index (χ2v) is 6.86. The summed E-state index contributed by atoms with van der Waals surface area (Å²) in [6.45, 7) is 2.67. The van der Waals surface area contributed by atoms with Crippen LogP contribution in [0, 0.1) is 0 Å². The molecular weight excluding hydrogens is 320 g/mol. The van der Waals surface area contributed by atoms with Gasteiger partial charge < -0.3 is 19.9 Å². The van der Waals surface area contributed by atoms with E-state index in [1.165, 1.54) is 11.1 Å². The van der Waals surface area contributed by atoms with Gasteiger partial charge >= 0.3 is 0 Å². The maximum Gasteiger partial charge on any atom is 0.237 e. The number of hydrogen-bond acceptors (Lipinski definition) is 5. The topological polar surface area (TPSA) is 71.0 Å². The SMILES string of the molecule is CNC(=O)[C@@H]1Cc2ccccc2CN1C[C@H](O)COC[C@H]1CCCO1. The van der Waals surface area contributed by atoms with Crippen LogP contribution in [-0.4, -0.2) is 67.6 Å². The van der Waals surface area contributed by atoms with Crippen LogP contribution in [0.15, 0.2) is 24.3 Å². The molecule has 0 aliphatic carbocycles. The van der Waals surface area contributed by atoms with Crippen LogP contribution in [0.3, 0.4) is 0 Å². The number of β-amino-alcohol motifs (C(OH)–C–C–N with tert-alkyl or cyclic N) is 1. The third-order valence-electron chi connectivity index (χ3n) is 4.98. The molecule has 3 rings (SSSR count). The highest BCUT2D eigenvalue weighted by molar-refractivity contribution is 5.82. The Kier molecular flexibility index (Phi) is 6.42. The summed E-state index contributed by atoms with van der Waals surface area (Å²) >= 11 is 0. The van der Waals surface area contributed by atoms with Crippen LogP contribution in [0.25, 0.3) is 0 Å². The second-order valence-electron chi connectivity index (χ2n) is 6.86. The van der Waals surface area contributed by atoms with Gasteiger partial charge in [-0.05, 0) is 30.4 Å². The van der Waals surface area contributed by atoms with Crippen molar-refractivity contribution in [2.75, 3.05) is 33.4 Å². The van der Waals surface area contributed by atoms with E-state index < -0.39 is 6.10 Å². The number of amides is 1. The van der Waals surface area contributed by atoms with Gasteiger partial charge in [0.05, 0.1) is 31.5 Å². The Balaban J connectivity index is 1.55. The molecule has 0 spiro atoms. The third kappa shape index (κ3) is 4.79. The van der Waals surface area contributed by atoms with Gasteiger partial charge in [-0.25, -0.2) is 0 Å². The first-order valence-electron chi connectivity index (χ1n) is 9.07. The number of rotatable bonds is 7. The summed E-state index contributed by atoms with van der Waals surface area (Å²) in [5.74, 6) is -0.0121. The van der Waals surface area contributed by atoms with Gasteiger partial charge in [0.25, 0.3) is 0 Å². The fourth-order valence-electron chi connectivity index (χ4n) is 3.63. The average molecular weight is 348 g/mol. The van der Waals surface area contributed by atoms with Crippen molar-refractivity contribution < 1.29 is 19.4 Å². The summed E-state index contributed by atoms with van der Waals surface area (Å²) in [6.07, 6.45) is 2.31. The largest absolute Gasteiger partial charge is 0.389 e. The number of carbonyl (C=O) groups is 1. The highest BCUT2D eigenvalue weighted by Crippen LogP contribution is 2.23. The minimum atomic E-state index is -0.626. The number of fused-ring (bicyclic) bond motifs is 1. The Morgan fingerprint density at radius 3 is 2.96 bits per heavy atom. The van der Waals surface area contributed by atoms with Crippen LogP contribution in [0.5, 0.6) is 0 Å². The number of hydrogen-bond donors (Lipinski definition) is 2.